The zero-order chi connectivity index (χ0) is 13.6. The predicted molar refractivity (Wildman–Crippen MR) is 67.4 cm³/mol. The zero-order valence-electron chi connectivity index (χ0n) is 9.49. The van der Waals surface area contributed by atoms with Gasteiger partial charge in [-0.25, -0.2) is 0 Å². The van der Waals surface area contributed by atoms with Crippen LogP contribution in [-0.2, 0) is 0 Å². The molecule has 1 aromatic heterocycles. The molecule has 0 aliphatic carbocycles. The summed E-state index contributed by atoms with van der Waals surface area (Å²) in [7, 11) is 0. The number of rotatable bonds is 2. The van der Waals surface area contributed by atoms with Crippen LogP contribution < -0.4 is 0 Å². The fourth-order valence-corrected chi connectivity index (χ4v) is 2.09. The van der Waals surface area contributed by atoms with Gasteiger partial charge in [0.2, 0.25) is 0 Å². The minimum absolute atomic E-state index is 0.101. The monoisotopic (exact) mass is 257 g/mol. The molecule has 6 nitrogen and oxygen atoms in total. The first kappa shape index (κ1) is 11.2. The molecule has 0 amide bonds. The first-order chi connectivity index (χ1) is 9.11. The Labute approximate surface area is 106 Å². The number of nitro benzene ring substituents is 1. The summed E-state index contributed by atoms with van der Waals surface area (Å²) in [4.78, 5) is 21.3. The number of phenols is 1. The van der Waals surface area contributed by atoms with E-state index in [1.54, 1.807) is 0 Å². The van der Waals surface area contributed by atoms with Gasteiger partial charge < -0.3 is 9.52 Å². The number of hydrogen-bond donors (Lipinski definition) is 1. The van der Waals surface area contributed by atoms with Gasteiger partial charge in [-0.2, -0.15) is 0 Å². The minimum Gasteiger partial charge on any atom is -0.504 e. The van der Waals surface area contributed by atoms with Crippen molar-refractivity contribution >= 4 is 33.9 Å². The first-order valence-corrected chi connectivity index (χ1v) is 5.39. The van der Waals surface area contributed by atoms with Gasteiger partial charge in [0.25, 0.3) is 5.69 Å². The molecule has 0 aliphatic rings. The van der Waals surface area contributed by atoms with Gasteiger partial charge in [0, 0.05) is 28.5 Å². The number of carbonyl (C=O) groups is 1. The van der Waals surface area contributed by atoms with Crippen molar-refractivity contribution in [3.05, 3.63) is 46.0 Å². The summed E-state index contributed by atoms with van der Waals surface area (Å²) >= 11 is 0. The van der Waals surface area contributed by atoms with E-state index < -0.39 is 4.92 Å². The lowest BCUT2D eigenvalue weighted by Crippen LogP contribution is -1.87. The Morgan fingerprint density at radius 2 is 2.05 bits per heavy atom. The Bertz CT molecular complexity index is 834. The standard InChI is InChI=1S/C13H7NO5/c15-6-7-1-3-10(16)13-12(7)9-5-8(14(17)18)2-4-11(9)19-13/h1-6,16H. The molecule has 0 saturated heterocycles. The van der Waals surface area contributed by atoms with Crippen LogP contribution >= 0.6 is 0 Å². The summed E-state index contributed by atoms with van der Waals surface area (Å²) < 4.78 is 5.43. The maximum absolute atomic E-state index is 11.0. The Balaban J connectivity index is 2.52. The van der Waals surface area contributed by atoms with E-state index >= 15 is 0 Å². The molecule has 6 heteroatoms. The van der Waals surface area contributed by atoms with Crippen LogP contribution in [-0.4, -0.2) is 16.3 Å². The predicted octanol–water partition coefficient (Wildman–Crippen LogP) is 3.01. The zero-order valence-corrected chi connectivity index (χ0v) is 9.49. The van der Waals surface area contributed by atoms with Gasteiger partial charge in [-0.15, -0.1) is 0 Å². The van der Waals surface area contributed by atoms with E-state index in [2.05, 4.69) is 0 Å². The van der Waals surface area contributed by atoms with Crippen molar-refractivity contribution in [2.75, 3.05) is 0 Å². The highest BCUT2D eigenvalue weighted by atomic mass is 16.6. The molecule has 0 bridgehead atoms. The molecule has 1 heterocycles. The fourth-order valence-electron chi connectivity index (χ4n) is 2.09. The minimum atomic E-state index is -0.526. The van der Waals surface area contributed by atoms with Crippen molar-refractivity contribution in [2.45, 2.75) is 0 Å². The molecule has 0 radical (unpaired) electrons. The summed E-state index contributed by atoms with van der Waals surface area (Å²) in [6, 6.07) is 6.87. The van der Waals surface area contributed by atoms with Gasteiger partial charge in [0.1, 0.15) is 5.58 Å². The molecular weight excluding hydrogens is 250 g/mol. The number of benzene rings is 2. The second-order valence-electron chi connectivity index (χ2n) is 4.04. The van der Waals surface area contributed by atoms with E-state index in [-0.39, 0.29) is 17.0 Å². The van der Waals surface area contributed by atoms with Crippen LogP contribution in [0.5, 0.6) is 5.75 Å². The number of nitrogens with zero attached hydrogens (tertiary/aromatic N) is 1. The lowest BCUT2D eigenvalue weighted by molar-refractivity contribution is -0.384. The largest absolute Gasteiger partial charge is 0.504 e. The van der Waals surface area contributed by atoms with Gasteiger partial charge in [-0.3, -0.25) is 14.9 Å². The number of non-ortho nitro benzene ring substituents is 1. The maximum Gasteiger partial charge on any atom is 0.270 e. The van der Waals surface area contributed by atoms with Gasteiger partial charge in [-0.05, 0) is 18.2 Å². The average molecular weight is 257 g/mol. The highest BCUT2D eigenvalue weighted by molar-refractivity contribution is 6.14. The molecule has 3 aromatic rings. The van der Waals surface area contributed by atoms with E-state index in [9.17, 15) is 20.0 Å². The second kappa shape index (κ2) is 3.81. The molecule has 0 spiro atoms. The Kier molecular flexibility index (Phi) is 2.25. The Hall–Kier alpha value is -2.89. The SMILES string of the molecule is O=Cc1ccc(O)c2oc3ccc([N+](=O)[O-])cc3c12. The van der Waals surface area contributed by atoms with Gasteiger partial charge in [0.05, 0.1) is 4.92 Å². The van der Waals surface area contributed by atoms with Gasteiger partial charge in [0.15, 0.2) is 17.6 Å². The van der Waals surface area contributed by atoms with Crippen molar-refractivity contribution in [2.24, 2.45) is 0 Å². The van der Waals surface area contributed by atoms with E-state index in [0.29, 0.717) is 28.2 Å². The summed E-state index contributed by atoms with van der Waals surface area (Å²) in [5, 5.41) is 21.3. The molecule has 0 saturated carbocycles. The topological polar surface area (TPSA) is 93.6 Å². The molecule has 0 unspecified atom stereocenters. The van der Waals surface area contributed by atoms with Gasteiger partial charge >= 0.3 is 0 Å². The summed E-state index contributed by atoms with van der Waals surface area (Å²) in [6.07, 6.45) is 0.621. The molecule has 0 fully saturated rings. The fraction of sp³-hybridized carbons (Fsp3) is 0. The van der Waals surface area contributed by atoms with Crippen molar-refractivity contribution in [1.29, 1.82) is 0 Å². The number of furan rings is 1. The Morgan fingerprint density at radius 3 is 2.74 bits per heavy atom. The van der Waals surface area contributed by atoms with Crippen LogP contribution in [0.3, 0.4) is 0 Å². The molecule has 0 aliphatic heterocycles. The average Bonchev–Trinajstić information content (AvgIpc) is 2.79. The van der Waals surface area contributed by atoms with Crippen molar-refractivity contribution in [1.82, 2.24) is 0 Å². The van der Waals surface area contributed by atoms with Crippen LogP contribution in [0.25, 0.3) is 21.9 Å². The summed E-state index contributed by atoms with van der Waals surface area (Å²) in [6.45, 7) is 0. The number of fused-ring (bicyclic) bond motifs is 3. The quantitative estimate of drug-likeness (QED) is 0.432. The number of aromatic hydroxyl groups is 1. The third-order valence-electron chi connectivity index (χ3n) is 2.95. The molecular formula is C13H7NO5. The van der Waals surface area contributed by atoms with Gasteiger partial charge in [-0.1, -0.05) is 0 Å². The lowest BCUT2D eigenvalue weighted by Gasteiger charge is -1.96. The summed E-state index contributed by atoms with van der Waals surface area (Å²) in [5.41, 5.74) is 0.743. The number of hydrogen-bond acceptors (Lipinski definition) is 5. The number of carbonyl (C=O) groups excluding carboxylic acids is 1. The molecule has 94 valence electrons. The van der Waals surface area contributed by atoms with E-state index in [4.69, 9.17) is 4.42 Å². The number of nitro groups is 1. The smallest absolute Gasteiger partial charge is 0.270 e. The van der Waals surface area contributed by atoms with Crippen LogP contribution in [0.4, 0.5) is 5.69 Å². The Morgan fingerprint density at radius 1 is 1.26 bits per heavy atom. The van der Waals surface area contributed by atoms with E-state index in [0.717, 1.165) is 0 Å². The van der Waals surface area contributed by atoms with Crippen molar-refractivity contribution in [3.63, 3.8) is 0 Å². The van der Waals surface area contributed by atoms with Crippen LogP contribution in [0.2, 0.25) is 0 Å². The van der Waals surface area contributed by atoms with E-state index in [1.807, 2.05) is 0 Å². The summed E-state index contributed by atoms with van der Waals surface area (Å²) in [5.74, 6) is -0.112. The molecule has 3 rings (SSSR count). The first-order valence-electron chi connectivity index (χ1n) is 5.39. The second-order valence-corrected chi connectivity index (χ2v) is 4.04. The highest BCUT2D eigenvalue weighted by Crippen LogP contribution is 2.37. The van der Waals surface area contributed by atoms with Crippen LogP contribution in [0.1, 0.15) is 10.4 Å². The maximum atomic E-state index is 11.0. The number of phenolic OH excluding ortho intramolecular Hbond substituents is 1. The van der Waals surface area contributed by atoms with E-state index in [1.165, 1.54) is 30.3 Å². The third kappa shape index (κ3) is 1.54. The van der Waals surface area contributed by atoms with Crippen LogP contribution in [0, 0.1) is 10.1 Å². The highest BCUT2D eigenvalue weighted by Gasteiger charge is 2.17. The number of aldehydes is 1. The molecule has 19 heavy (non-hydrogen) atoms. The third-order valence-corrected chi connectivity index (χ3v) is 2.95. The van der Waals surface area contributed by atoms with Crippen molar-refractivity contribution in [3.8, 4) is 5.75 Å². The molecule has 2 aromatic carbocycles. The normalized spacial score (nSPS) is 10.9. The molecule has 1 N–H and O–H groups in total. The molecule has 0 atom stereocenters. The van der Waals surface area contributed by atoms with Crippen molar-refractivity contribution < 1.29 is 19.2 Å². The lowest BCUT2D eigenvalue weighted by atomic mass is 10.1. The van der Waals surface area contributed by atoms with Crippen LogP contribution in [0.15, 0.2) is 34.7 Å².